The van der Waals surface area contributed by atoms with Crippen LogP contribution in [0.4, 0.5) is 0 Å². The Kier molecular flexibility index (Phi) is 3.62. The molecular weight excluding hydrogens is 232 g/mol. The lowest BCUT2D eigenvalue weighted by Gasteiger charge is -2.35. The summed E-state index contributed by atoms with van der Waals surface area (Å²) in [5, 5.41) is 0. The number of rotatable bonds is 1. The maximum Gasteiger partial charge on any atom is 0.256 e. The Bertz CT molecular complexity index is 458. The predicted molar refractivity (Wildman–Crippen MR) is 70.5 cm³/mol. The molecule has 2 rings (SSSR count). The fourth-order valence-electron chi connectivity index (χ4n) is 2.59. The quantitative estimate of drug-likeness (QED) is 0.778. The molecule has 1 saturated heterocycles. The number of hydrogen-bond donors (Lipinski definition) is 1. The lowest BCUT2D eigenvalue weighted by atomic mass is 9.91. The highest BCUT2D eigenvalue weighted by atomic mass is 32.1. The van der Waals surface area contributed by atoms with Crippen LogP contribution in [0, 0.1) is 16.5 Å². The lowest BCUT2D eigenvalue weighted by molar-refractivity contribution is 0.0622. The molecule has 0 unspecified atom stereocenters. The zero-order valence-electron chi connectivity index (χ0n) is 10.3. The largest absolute Gasteiger partial charge is 0.352 e. The summed E-state index contributed by atoms with van der Waals surface area (Å²) in [4.78, 5) is 17.2. The first-order chi connectivity index (χ1) is 8.08. The van der Waals surface area contributed by atoms with Crippen LogP contribution in [-0.2, 0) is 0 Å². The molecule has 1 fully saturated rings. The summed E-state index contributed by atoms with van der Waals surface area (Å²) < 4.78 is 0.531. The van der Waals surface area contributed by atoms with E-state index in [-0.39, 0.29) is 5.91 Å². The number of H-pyrrole nitrogens is 1. The van der Waals surface area contributed by atoms with Gasteiger partial charge in [0.2, 0.25) is 0 Å². The van der Waals surface area contributed by atoms with Gasteiger partial charge in [0.15, 0.2) is 0 Å². The lowest BCUT2D eigenvalue weighted by Crippen LogP contribution is -2.42. The van der Waals surface area contributed by atoms with Crippen molar-refractivity contribution in [2.75, 3.05) is 13.1 Å². The third-order valence-electron chi connectivity index (χ3n) is 3.20. The summed E-state index contributed by atoms with van der Waals surface area (Å²) in [5.74, 6) is 1.21. The molecule has 2 heterocycles. The summed E-state index contributed by atoms with van der Waals surface area (Å²) in [5.41, 5.74) is 0.615. The van der Waals surface area contributed by atoms with Crippen LogP contribution < -0.4 is 0 Å². The van der Waals surface area contributed by atoms with Gasteiger partial charge in [-0.2, -0.15) is 0 Å². The maximum absolute atomic E-state index is 12.4. The molecule has 1 aliphatic rings. The third kappa shape index (κ3) is 2.75. The normalized spacial score (nSPS) is 24.7. The molecule has 0 spiro atoms. The first kappa shape index (κ1) is 12.3. The smallest absolute Gasteiger partial charge is 0.256 e. The van der Waals surface area contributed by atoms with Crippen molar-refractivity contribution in [3.8, 4) is 0 Å². The van der Waals surface area contributed by atoms with Gasteiger partial charge >= 0.3 is 0 Å². The molecule has 0 aromatic carbocycles. The summed E-state index contributed by atoms with van der Waals surface area (Å²) in [6.07, 6.45) is 2.95. The predicted octanol–water partition coefficient (Wildman–Crippen LogP) is 2.86. The van der Waals surface area contributed by atoms with Crippen molar-refractivity contribution in [3.63, 3.8) is 0 Å². The van der Waals surface area contributed by atoms with E-state index in [0.29, 0.717) is 22.0 Å². The molecule has 0 saturated carbocycles. The molecule has 1 aromatic rings. The van der Waals surface area contributed by atoms with Crippen molar-refractivity contribution in [3.05, 3.63) is 28.5 Å². The second-order valence-electron chi connectivity index (χ2n) is 5.07. The van der Waals surface area contributed by atoms with E-state index in [9.17, 15) is 4.79 Å². The fourth-order valence-corrected chi connectivity index (χ4v) is 2.81. The van der Waals surface area contributed by atoms with Crippen molar-refractivity contribution in [2.24, 2.45) is 11.8 Å². The first-order valence-corrected chi connectivity index (χ1v) is 6.45. The second kappa shape index (κ2) is 5.00. The number of pyridine rings is 1. The zero-order chi connectivity index (χ0) is 12.4. The molecule has 17 heavy (non-hydrogen) atoms. The summed E-state index contributed by atoms with van der Waals surface area (Å²) >= 11 is 5.15. The number of nitrogens with one attached hydrogen (secondary N) is 1. The molecule has 1 N–H and O–H groups in total. The monoisotopic (exact) mass is 250 g/mol. The number of hydrogen-bond acceptors (Lipinski definition) is 2. The Morgan fingerprint density at radius 3 is 2.65 bits per heavy atom. The van der Waals surface area contributed by atoms with Crippen molar-refractivity contribution >= 4 is 18.1 Å². The zero-order valence-corrected chi connectivity index (χ0v) is 11.1. The number of aromatic nitrogens is 1. The Labute approximate surface area is 107 Å². The van der Waals surface area contributed by atoms with Gasteiger partial charge in [-0.1, -0.05) is 26.1 Å². The highest BCUT2D eigenvalue weighted by molar-refractivity contribution is 7.71. The molecule has 92 valence electrons. The van der Waals surface area contributed by atoms with Gasteiger partial charge in [0.25, 0.3) is 5.91 Å². The van der Waals surface area contributed by atoms with Gasteiger partial charge in [0, 0.05) is 19.3 Å². The molecule has 3 nitrogen and oxygen atoms in total. The van der Waals surface area contributed by atoms with Gasteiger partial charge in [-0.05, 0) is 30.4 Å². The van der Waals surface area contributed by atoms with Crippen molar-refractivity contribution in [2.45, 2.75) is 20.3 Å². The minimum atomic E-state index is 0.0604. The molecule has 1 aromatic heterocycles. The van der Waals surface area contributed by atoms with Crippen LogP contribution in [0.2, 0.25) is 0 Å². The van der Waals surface area contributed by atoms with Crippen LogP contribution in [0.3, 0.4) is 0 Å². The van der Waals surface area contributed by atoms with Crippen LogP contribution >= 0.6 is 12.2 Å². The average molecular weight is 250 g/mol. The number of amides is 1. The molecule has 4 heteroatoms. The van der Waals surface area contributed by atoms with Crippen molar-refractivity contribution in [1.29, 1.82) is 0 Å². The number of nitrogens with zero attached hydrogens (tertiary/aromatic N) is 1. The van der Waals surface area contributed by atoms with E-state index >= 15 is 0 Å². The summed E-state index contributed by atoms with van der Waals surface area (Å²) in [6, 6.07) is 3.62. The highest BCUT2D eigenvalue weighted by Gasteiger charge is 2.26. The number of piperidine rings is 1. The molecular formula is C13H18N2OS. The van der Waals surface area contributed by atoms with Gasteiger partial charge in [-0.3, -0.25) is 4.79 Å². The van der Waals surface area contributed by atoms with Crippen LogP contribution in [-0.4, -0.2) is 28.9 Å². The fraction of sp³-hybridized carbons (Fsp3) is 0.538. The van der Waals surface area contributed by atoms with E-state index in [1.807, 2.05) is 11.0 Å². The Balaban J connectivity index is 2.20. The number of likely N-dealkylation sites (tertiary alicyclic amines) is 1. The van der Waals surface area contributed by atoms with Crippen LogP contribution in [0.5, 0.6) is 0 Å². The molecule has 0 radical (unpaired) electrons. The van der Waals surface area contributed by atoms with Crippen molar-refractivity contribution in [1.82, 2.24) is 9.88 Å². The standard InChI is InChI=1S/C13H18N2OS/c1-9-6-10(2)8-15(7-9)13(16)11-4-3-5-14-12(11)17/h3-5,9-10H,6-8H2,1-2H3,(H,14,17)/t9-,10-/m1/s1. The Hall–Kier alpha value is -1.16. The topological polar surface area (TPSA) is 36.1 Å². The summed E-state index contributed by atoms with van der Waals surface area (Å²) in [6.45, 7) is 6.07. The minimum absolute atomic E-state index is 0.0604. The van der Waals surface area contributed by atoms with E-state index in [2.05, 4.69) is 18.8 Å². The van der Waals surface area contributed by atoms with Crippen LogP contribution in [0.15, 0.2) is 18.3 Å². The van der Waals surface area contributed by atoms with E-state index in [1.54, 1.807) is 12.3 Å². The van der Waals surface area contributed by atoms with Crippen LogP contribution in [0.25, 0.3) is 0 Å². The van der Waals surface area contributed by atoms with Gasteiger partial charge in [0.1, 0.15) is 4.64 Å². The highest BCUT2D eigenvalue weighted by Crippen LogP contribution is 2.22. The molecule has 1 amide bonds. The maximum atomic E-state index is 12.4. The molecule has 0 aliphatic carbocycles. The average Bonchev–Trinajstić information content (AvgIpc) is 2.27. The molecule has 2 atom stereocenters. The van der Waals surface area contributed by atoms with Gasteiger partial charge in [-0.25, -0.2) is 0 Å². The van der Waals surface area contributed by atoms with Gasteiger partial charge in [-0.15, -0.1) is 0 Å². The number of carbonyl (C=O) groups is 1. The van der Waals surface area contributed by atoms with E-state index in [1.165, 1.54) is 6.42 Å². The van der Waals surface area contributed by atoms with Gasteiger partial charge < -0.3 is 9.88 Å². The third-order valence-corrected chi connectivity index (χ3v) is 3.54. The first-order valence-electron chi connectivity index (χ1n) is 6.05. The number of carbonyl (C=O) groups excluding carboxylic acids is 1. The van der Waals surface area contributed by atoms with Gasteiger partial charge in [0.05, 0.1) is 5.56 Å². The van der Waals surface area contributed by atoms with E-state index in [4.69, 9.17) is 12.2 Å². The van der Waals surface area contributed by atoms with Crippen molar-refractivity contribution < 1.29 is 4.79 Å². The Morgan fingerprint density at radius 1 is 1.41 bits per heavy atom. The SMILES string of the molecule is C[C@@H]1C[C@@H](C)CN(C(=O)c2ccc[nH]c2=S)C1. The van der Waals surface area contributed by atoms with E-state index in [0.717, 1.165) is 13.1 Å². The minimum Gasteiger partial charge on any atom is -0.352 e. The molecule has 0 bridgehead atoms. The van der Waals surface area contributed by atoms with Crippen LogP contribution in [0.1, 0.15) is 30.6 Å². The van der Waals surface area contributed by atoms with E-state index < -0.39 is 0 Å². The second-order valence-corrected chi connectivity index (χ2v) is 5.48. The Morgan fingerprint density at radius 2 is 2.06 bits per heavy atom. The number of aromatic amines is 1. The summed E-state index contributed by atoms with van der Waals surface area (Å²) in [7, 11) is 0. The molecule has 1 aliphatic heterocycles.